The molecule has 0 saturated heterocycles. The molecule has 0 unspecified atom stereocenters. The molecule has 138 valence electrons. The maximum absolute atomic E-state index is 12.7. The number of ether oxygens (including phenoxy) is 1. The number of nitrogens with zero attached hydrogens (tertiary/aromatic N) is 2. The van der Waals surface area contributed by atoms with E-state index in [0.717, 1.165) is 16.7 Å². The van der Waals surface area contributed by atoms with Crippen LogP contribution in [0.5, 0.6) is 5.75 Å². The van der Waals surface area contributed by atoms with Crippen molar-refractivity contribution < 1.29 is 13.5 Å². The number of likely N-dealkylation sites (N-methyl/N-ethyl adjacent to an activating group) is 1. The molecule has 2 N–H and O–H groups in total. The lowest BCUT2D eigenvalue weighted by molar-refractivity contribution is -0.0505. The van der Waals surface area contributed by atoms with Crippen molar-refractivity contribution in [2.45, 2.75) is 31.9 Å². The summed E-state index contributed by atoms with van der Waals surface area (Å²) in [5.41, 5.74) is 8.03. The highest BCUT2D eigenvalue weighted by Crippen LogP contribution is 2.41. The Morgan fingerprint density at radius 2 is 1.81 bits per heavy atom. The third kappa shape index (κ3) is 3.23. The van der Waals surface area contributed by atoms with Crippen molar-refractivity contribution in [3.63, 3.8) is 0 Å². The molecular formula is C20H23F2N3O. The molecule has 26 heavy (non-hydrogen) atoms. The molecule has 0 amide bonds. The fraction of sp³-hybridized carbons (Fsp3) is 0.350. The first kappa shape index (κ1) is 18.2. The van der Waals surface area contributed by atoms with Gasteiger partial charge in [-0.1, -0.05) is 50.2 Å². The molecule has 0 saturated carbocycles. The van der Waals surface area contributed by atoms with Crippen molar-refractivity contribution in [3.05, 3.63) is 65.2 Å². The van der Waals surface area contributed by atoms with Crippen LogP contribution in [0.1, 0.15) is 36.5 Å². The van der Waals surface area contributed by atoms with Crippen LogP contribution in [0.4, 0.5) is 8.78 Å². The number of aliphatic imine (C=N–C) groups is 1. The van der Waals surface area contributed by atoms with E-state index < -0.39 is 12.2 Å². The van der Waals surface area contributed by atoms with Gasteiger partial charge in [-0.2, -0.15) is 8.78 Å². The SMILES string of the molecule is CC(C)c1cc([C@]2(c3ccccc3)CN(C)C(N)=N2)ccc1OC(F)F. The van der Waals surface area contributed by atoms with Crippen molar-refractivity contribution in [2.75, 3.05) is 13.6 Å². The summed E-state index contributed by atoms with van der Waals surface area (Å²) < 4.78 is 30.2. The van der Waals surface area contributed by atoms with Gasteiger partial charge in [-0.25, -0.2) is 4.99 Å². The molecule has 0 aliphatic carbocycles. The molecule has 4 nitrogen and oxygen atoms in total. The number of nitrogens with two attached hydrogens (primary N) is 1. The van der Waals surface area contributed by atoms with E-state index in [-0.39, 0.29) is 11.7 Å². The number of benzene rings is 2. The Balaban J connectivity index is 2.16. The predicted molar refractivity (Wildman–Crippen MR) is 98.6 cm³/mol. The van der Waals surface area contributed by atoms with Crippen LogP contribution in [0.3, 0.4) is 0 Å². The monoisotopic (exact) mass is 359 g/mol. The summed E-state index contributed by atoms with van der Waals surface area (Å²) in [5.74, 6) is 0.676. The van der Waals surface area contributed by atoms with E-state index in [0.29, 0.717) is 12.5 Å². The first-order chi connectivity index (χ1) is 12.3. The van der Waals surface area contributed by atoms with Crippen molar-refractivity contribution in [2.24, 2.45) is 10.7 Å². The summed E-state index contributed by atoms with van der Waals surface area (Å²) in [6, 6.07) is 15.2. The minimum atomic E-state index is -2.85. The number of guanidine groups is 1. The van der Waals surface area contributed by atoms with Crippen molar-refractivity contribution in [3.8, 4) is 5.75 Å². The van der Waals surface area contributed by atoms with Crippen LogP contribution in [-0.2, 0) is 5.54 Å². The van der Waals surface area contributed by atoms with Crippen LogP contribution in [0.25, 0.3) is 0 Å². The zero-order chi connectivity index (χ0) is 18.9. The van der Waals surface area contributed by atoms with Gasteiger partial charge in [0.05, 0.1) is 6.54 Å². The average molecular weight is 359 g/mol. The zero-order valence-corrected chi connectivity index (χ0v) is 15.1. The Hall–Kier alpha value is -2.63. The third-order valence-corrected chi connectivity index (χ3v) is 4.74. The van der Waals surface area contributed by atoms with Crippen LogP contribution < -0.4 is 10.5 Å². The Labute approximate surface area is 152 Å². The Morgan fingerprint density at radius 3 is 2.35 bits per heavy atom. The molecule has 1 aliphatic rings. The lowest BCUT2D eigenvalue weighted by Gasteiger charge is -2.29. The highest BCUT2D eigenvalue weighted by molar-refractivity contribution is 5.81. The van der Waals surface area contributed by atoms with Gasteiger partial charge in [-0.05, 0) is 34.7 Å². The number of hydrogen-bond acceptors (Lipinski definition) is 4. The fourth-order valence-electron chi connectivity index (χ4n) is 3.39. The lowest BCUT2D eigenvalue weighted by Crippen LogP contribution is -2.34. The van der Waals surface area contributed by atoms with Crippen molar-refractivity contribution >= 4 is 5.96 Å². The predicted octanol–water partition coefficient (Wildman–Crippen LogP) is 3.92. The fourth-order valence-corrected chi connectivity index (χ4v) is 3.39. The molecule has 2 aromatic rings. The molecule has 0 bridgehead atoms. The van der Waals surface area contributed by atoms with Gasteiger partial charge >= 0.3 is 6.61 Å². The molecule has 6 heteroatoms. The number of hydrogen-bond donors (Lipinski definition) is 1. The van der Waals surface area contributed by atoms with E-state index in [1.165, 1.54) is 0 Å². The Morgan fingerprint density at radius 1 is 1.12 bits per heavy atom. The van der Waals surface area contributed by atoms with Gasteiger partial charge in [0.15, 0.2) is 5.96 Å². The third-order valence-electron chi connectivity index (χ3n) is 4.74. The second-order valence-corrected chi connectivity index (χ2v) is 6.84. The maximum atomic E-state index is 12.7. The van der Waals surface area contributed by atoms with Gasteiger partial charge in [0.25, 0.3) is 0 Å². The molecule has 1 aliphatic heterocycles. The molecule has 1 heterocycles. The van der Waals surface area contributed by atoms with Crippen LogP contribution in [-0.4, -0.2) is 31.1 Å². The number of rotatable bonds is 5. The van der Waals surface area contributed by atoms with E-state index in [9.17, 15) is 8.78 Å². The normalized spacial score (nSPS) is 20.0. The number of halogens is 2. The topological polar surface area (TPSA) is 50.8 Å². The average Bonchev–Trinajstić information content (AvgIpc) is 2.91. The highest BCUT2D eigenvalue weighted by atomic mass is 19.3. The van der Waals surface area contributed by atoms with Gasteiger partial charge in [0, 0.05) is 7.05 Å². The molecule has 0 radical (unpaired) electrons. The highest BCUT2D eigenvalue weighted by Gasteiger charge is 2.41. The molecule has 2 aromatic carbocycles. The molecule has 3 rings (SSSR count). The van der Waals surface area contributed by atoms with Crippen LogP contribution >= 0.6 is 0 Å². The summed E-state index contributed by atoms with van der Waals surface area (Å²) >= 11 is 0. The second kappa shape index (κ2) is 6.94. The second-order valence-electron chi connectivity index (χ2n) is 6.84. The van der Waals surface area contributed by atoms with E-state index in [2.05, 4.69) is 0 Å². The van der Waals surface area contributed by atoms with Gasteiger partial charge < -0.3 is 15.4 Å². The molecular weight excluding hydrogens is 336 g/mol. The summed E-state index contributed by atoms with van der Waals surface area (Å²) in [6.45, 7) is 1.62. The maximum Gasteiger partial charge on any atom is 0.387 e. The summed E-state index contributed by atoms with van der Waals surface area (Å²) in [5, 5.41) is 0. The zero-order valence-electron chi connectivity index (χ0n) is 15.1. The van der Waals surface area contributed by atoms with Crippen molar-refractivity contribution in [1.29, 1.82) is 0 Å². The molecule has 0 spiro atoms. The molecule has 0 aromatic heterocycles. The minimum Gasteiger partial charge on any atom is -0.435 e. The van der Waals surface area contributed by atoms with E-state index in [1.54, 1.807) is 12.1 Å². The van der Waals surface area contributed by atoms with Gasteiger partial charge in [0.2, 0.25) is 0 Å². The first-order valence-corrected chi connectivity index (χ1v) is 8.54. The van der Waals surface area contributed by atoms with E-state index in [4.69, 9.17) is 15.5 Å². The van der Waals surface area contributed by atoms with Crippen LogP contribution in [0, 0.1) is 0 Å². The summed E-state index contributed by atoms with van der Waals surface area (Å²) in [4.78, 5) is 6.66. The van der Waals surface area contributed by atoms with E-state index in [1.807, 2.05) is 62.2 Å². The quantitative estimate of drug-likeness (QED) is 0.880. The van der Waals surface area contributed by atoms with Gasteiger partial charge in [-0.15, -0.1) is 0 Å². The lowest BCUT2D eigenvalue weighted by atomic mass is 9.82. The standard InChI is InChI=1S/C20H23F2N3O/c1-13(2)16-11-15(9-10-17(16)26-18(21)22)20(12-25(3)19(23)24-20)14-7-5-4-6-8-14/h4-11,13,18H,12H2,1-3H3,(H2,23,24)/t20-/m1/s1. The minimum absolute atomic E-state index is 0.0250. The Bertz CT molecular complexity index is 808. The van der Waals surface area contributed by atoms with Crippen LogP contribution in [0.2, 0.25) is 0 Å². The van der Waals surface area contributed by atoms with E-state index >= 15 is 0 Å². The van der Waals surface area contributed by atoms with Crippen molar-refractivity contribution in [1.82, 2.24) is 4.90 Å². The number of alkyl halides is 2. The summed E-state index contributed by atoms with van der Waals surface area (Å²) in [7, 11) is 1.89. The van der Waals surface area contributed by atoms with Gasteiger partial charge in [0.1, 0.15) is 11.3 Å². The van der Waals surface area contributed by atoms with Crippen LogP contribution in [0.15, 0.2) is 53.5 Å². The molecule has 1 atom stereocenters. The van der Waals surface area contributed by atoms with Gasteiger partial charge in [-0.3, -0.25) is 0 Å². The first-order valence-electron chi connectivity index (χ1n) is 8.54. The largest absolute Gasteiger partial charge is 0.435 e. The Kier molecular flexibility index (Phi) is 4.85. The summed E-state index contributed by atoms with van der Waals surface area (Å²) in [6.07, 6.45) is 0. The smallest absolute Gasteiger partial charge is 0.387 e. The molecule has 0 fully saturated rings.